The zero-order chi connectivity index (χ0) is 19.2. The number of epoxide rings is 2. The Bertz CT molecular complexity index is 610. The molecule has 2 aliphatic heterocycles. The lowest BCUT2D eigenvalue weighted by atomic mass is 9.83. The molecule has 5 heteroatoms. The average Bonchev–Trinajstić information content (AvgIpc) is 3.43. The highest BCUT2D eigenvalue weighted by Gasteiger charge is 2.54. The zero-order valence-electron chi connectivity index (χ0n) is 16.4. The predicted octanol–water partition coefficient (Wildman–Crippen LogP) is 3.31. The van der Waals surface area contributed by atoms with Gasteiger partial charge in [0, 0.05) is 5.57 Å². The molecule has 0 unspecified atom stereocenters. The fourth-order valence-corrected chi connectivity index (χ4v) is 4.15. The van der Waals surface area contributed by atoms with Crippen LogP contribution >= 0.6 is 0 Å². The number of hydrogen-bond donors (Lipinski definition) is 1. The fourth-order valence-electron chi connectivity index (χ4n) is 4.15. The van der Waals surface area contributed by atoms with Gasteiger partial charge in [0.2, 0.25) is 0 Å². The number of methoxy groups -OCH3 is 1. The number of esters is 1. The van der Waals surface area contributed by atoms with Crippen LogP contribution in [0.1, 0.15) is 59.3 Å². The third-order valence-electron chi connectivity index (χ3n) is 6.41. The fraction of sp³-hybridized carbons (Fsp3) is 0.762. The van der Waals surface area contributed by atoms with E-state index in [2.05, 4.69) is 20.4 Å². The third-order valence-corrected chi connectivity index (χ3v) is 6.41. The molecular formula is C21H32O5. The number of carbonyl (C=O) groups is 1. The maximum atomic E-state index is 12.0. The normalized spacial score (nSPS) is 46.9. The molecule has 1 N–H and O–H groups in total. The van der Waals surface area contributed by atoms with Crippen LogP contribution in [0.25, 0.3) is 0 Å². The highest BCUT2D eigenvalue weighted by molar-refractivity contribution is 5.88. The van der Waals surface area contributed by atoms with Gasteiger partial charge in [-0.3, -0.25) is 0 Å². The van der Waals surface area contributed by atoms with Crippen LogP contribution in [0.5, 0.6) is 0 Å². The molecule has 0 spiro atoms. The molecule has 26 heavy (non-hydrogen) atoms. The number of rotatable bonds is 2. The number of aliphatic hydroxyl groups is 1. The lowest BCUT2D eigenvalue weighted by Gasteiger charge is -2.21. The van der Waals surface area contributed by atoms with Crippen LogP contribution in [0, 0.1) is 5.92 Å². The molecule has 6 atom stereocenters. The van der Waals surface area contributed by atoms with E-state index in [-0.39, 0.29) is 35.3 Å². The lowest BCUT2D eigenvalue weighted by Crippen LogP contribution is -2.24. The molecule has 2 fully saturated rings. The van der Waals surface area contributed by atoms with Gasteiger partial charge in [0.05, 0.1) is 36.1 Å². The van der Waals surface area contributed by atoms with Crippen molar-refractivity contribution in [2.45, 2.75) is 88.3 Å². The number of ether oxygens (including phenoxy) is 3. The minimum Gasteiger partial charge on any atom is -0.466 e. The molecule has 0 saturated carbocycles. The van der Waals surface area contributed by atoms with Gasteiger partial charge in [-0.25, -0.2) is 4.79 Å². The summed E-state index contributed by atoms with van der Waals surface area (Å²) in [7, 11) is 1.40. The number of hydrogen-bond acceptors (Lipinski definition) is 5. The van der Waals surface area contributed by atoms with Crippen LogP contribution in [-0.2, 0) is 19.0 Å². The van der Waals surface area contributed by atoms with E-state index in [9.17, 15) is 9.90 Å². The van der Waals surface area contributed by atoms with Gasteiger partial charge in [0.25, 0.3) is 0 Å². The Morgan fingerprint density at radius 2 is 1.85 bits per heavy atom. The van der Waals surface area contributed by atoms with Crippen LogP contribution in [0.2, 0.25) is 0 Å². The van der Waals surface area contributed by atoms with Gasteiger partial charge in [-0.2, -0.15) is 0 Å². The standard InChI is InChI=1S/C21H32O5/c1-14(18(22)24-5)15-7-12-21(4)16(25-21)8-11-19(2,23)9-6-10-20(3)17(13-15)26-20/h6,9,15-17,23H,1,7-8,10-13H2,2-5H3/b9-6+/t15-,16-,17+,19-,20+,21-/m1/s1. The van der Waals surface area contributed by atoms with Crippen molar-refractivity contribution < 1.29 is 24.1 Å². The van der Waals surface area contributed by atoms with Gasteiger partial charge >= 0.3 is 5.97 Å². The van der Waals surface area contributed by atoms with E-state index in [1.807, 2.05) is 19.1 Å². The first-order valence-electron chi connectivity index (χ1n) is 9.61. The summed E-state index contributed by atoms with van der Waals surface area (Å²) in [4.78, 5) is 12.0. The van der Waals surface area contributed by atoms with Crippen molar-refractivity contribution in [3.8, 4) is 0 Å². The van der Waals surface area contributed by atoms with E-state index in [1.165, 1.54) is 7.11 Å². The summed E-state index contributed by atoms with van der Waals surface area (Å²) in [5, 5.41) is 10.5. The molecule has 0 aromatic heterocycles. The van der Waals surface area contributed by atoms with Crippen molar-refractivity contribution in [2.75, 3.05) is 7.11 Å². The second-order valence-electron chi connectivity index (χ2n) is 8.83. The minimum absolute atomic E-state index is 0.0333. The quantitative estimate of drug-likeness (QED) is 0.352. The second kappa shape index (κ2) is 6.77. The van der Waals surface area contributed by atoms with Crippen molar-refractivity contribution >= 4 is 5.97 Å². The Hall–Kier alpha value is -1.17. The molecule has 146 valence electrons. The third kappa shape index (κ3) is 4.21. The lowest BCUT2D eigenvalue weighted by molar-refractivity contribution is -0.136. The summed E-state index contributed by atoms with van der Waals surface area (Å²) in [6, 6.07) is 0. The molecule has 5 nitrogen and oxygen atoms in total. The number of fused-ring (bicyclic) bond motifs is 2. The Labute approximate surface area is 156 Å². The van der Waals surface area contributed by atoms with Crippen molar-refractivity contribution in [1.29, 1.82) is 0 Å². The SMILES string of the molecule is C=C(C(=O)OC)[C@@H]1CC[C@@]2(C)O[C@@H]2CC[C@](C)(O)/C=C/C[C@]2(C)O[C@H]2C1. The van der Waals surface area contributed by atoms with E-state index < -0.39 is 5.60 Å². The summed E-state index contributed by atoms with van der Waals surface area (Å²) in [5.74, 6) is -0.307. The average molecular weight is 364 g/mol. The highest BCUT2D eigenvalue weighted by atomic mass is 16.6. The van der Waals surface area contributed by atoms with E-state index in [0.717, 1.165) is 32.1 Å². The smallest absolute Gasteiger partial charge is 0.333 e. The molecule has 3 rings (SSSR count). The van der Waals surface area contributed by atoms with Crippen LogP contribution < -0.4 is 0 Å². The summed E-state index contributed by atoms with van der Waals surface area (Å²) in [6.45, 7) is 10.0. The Kier molecular flexibility index (Phi) is 5.10. The van der Waals surface area contributed by atoms with Crippen LogP contribution in [0.4, 0.5) is 0 Å². The van der Waals surface area contributed by atoms with Crippen molar-refractivity contribution in [3.05, 3.63) is 24.3 Å². The van der Waals surface area contributed by atoms with E-state index >= 15 is 0 Å². The van der Waals surface area contributed by atoms with Crippen LogP contribution in [0.15, 0.2) is 24.3 Å². The van der Waals surface area contributed by atoms with Gasteiger partial charge in [-0.05, 0) is 65.2 Å². The van der Waals surface area contributed by atoms with Crippen LogP contribution in [-0.4, -0.2) is 47.2 Å². The molecule has 0 amide bonds. The van der Waals surface area contributed by atoms with Gasteiger partial charge in [-0.1, -0.05) is 18.7 Å². The molecular weight excluding hydrogens is 332 g/mol. The molecule has 0 aromatic rings. The Morgan fingerprint density at radius 1 is 1.15 bits per heavy atom. The summed E-state index contributed by atoms with van der Waals surface area (Å²) < 4.78 is 16.8. The number of carbonyl (C=O) groups excluding carboxylic acids is 1. The zero-order valence-corrected chi connectivity index (χ0v) is 16.4. The Morgan fingerprint density at radius 3 is 2.54 bits per heavy atom. The molecule has 2 heterocycles. The summed E-state index contributed by atoms with van der Waals surface area (Å²) >= 11 is 0. The monoisotopic (exact) mass is 364 g/mol. The van der Waals surface area contributed by atoms with Gasteiger partial charge in [0.1, 0.15) is 0 Å². The first-order chi connectivity index (χ1) is 12.1. The maximum Gasteiger partial charge on any atom is 0.333 e. The molecule has 1 aliphatic carbocycles. The first-order valence-corrected chi connectivity index (χ1v) is 9.61. The summed E-state index contributed by atoms with van der Waals surface area (Å²) in [5.41, 5.74) is -0.698. The molecule has 0 radical (unpaired) electrons. The molecule has 3 aliphatic rings. The van der Waals surface area contributed by atoms with E-state index in [1.54, 1.807) is 0 Å². The molecule has 0 aromatic carbocycles. The van der Waals surface area contributed by atoms with Crippen LogP contribution in [0.3, 0.4) is 0 Å². The molecule has 2 saturated heterocycles. The van der Waals surface area contributed by atoms with E-state index in [4.69, 9.17) is 14.2 Å². The van der Waals surface area contributed by atoms with Gasteiger partial charge in [-0.15, -0.1) is 0 Å². The van der Waals surface area contributed by atoms with Crippen molar-refractivity contribution in [1.82, 2.24) is 0 Å². The second-order valence-corrected chi connectivity index (χ2v) is 8.83. The van der Waals surface area contributed by atoms with Gasteiger partial charge in [0.15, 0.2) is 0 Å². The summed E-state index contributed by atoms with van der Waals surface area (Å²) in [6.07, 6.45) is 8.85. The minimum atomic E-state index is -0.820. The predicted molar refractivity (Wildman–Crippen MR) is 98.7 cm³/mol. The maximum absolute atomic E-state index is 12.0. The van der Waals surface area contributed by atoms with Gasteiger partial charge < -0.3 is 19.3 Å². The largest absolute Gasteiger partial charge is 0.466 e. The first kappa shape index (κ1) is 19.6. The van der Waals surface area contributed by atoms with Crippen molar-refractivity contribution in [2.24, 2.45) is 5.92 Å². The topological polar surface area (TPSA) is 71.6 Å². The van der Waals surface area contributed by atoms with Crippen molar-refractivity contribution in [3.63, 3.8) is 0 Å². The molecule has 0 bridgehead atoms. The Balaban J connectivity index is 1.75. The highest BCUT2D eigenvalue weighted by Crippen LogP contribution is 2.48. The van der Waals surface area contributed by atoms with E-state index in [0.29, 0.717) is 12.0 Å².